The Hall–Kier alpha value is -1.61. The Morgan fingerprint density at radius 1 is 1.57 bits per heavy atom. The van der Waals surface area contributed by atoms with Crippen molar-refractivity contribution in [1.29, 1.82) is 0 Å². The predicted octanol–water partition coefficient (Wildman–Crippen LogP) is 1.58. The molecule has 1 aromatic rings. The number of carboxylic acids is 1. The zero-order chi connectivity index (χ0) is 15.4. The SMILES string of the molecule is CC(NC(=O)CCN1CCSC1=O)c1nc(C(=O)O)cs1. The molecule has 1 fully saturated rings. The van der Waals surface area contributed by atoms with Crippen molar-refractivity contribution in [3.63, 3.8) is 0 Å². The summed E-state index contributed by atoms with van der Waals surface area (Å²) in [5.74, 6) is -0.492. The van der Waals surface area contributed by atoms with Crippen LogP contribution in [0.5, 0.6) is 0 Å². The summed E-state index contributed by atoms with van der Waals surface area (Å²) in [7, 11) is 0. The normalized spacial score (nSPS) is 16.0. The van der Waals surface area contributed by atoms with Gasteiger partial charge in [-0.05, 0) is 6.92 Å². The van der Waals surface area contributed by atoms with Crippen LogP contribution in [0.25, 0.3) is 0 Å². The molecule has 2 N–H and O–H groups in total. The summed E-state index contributed by atoms with van der Waals surface area (Å²) in [5, 5.41) is 13.6. The van der Waals surface area contributed by atoms with Crippen LogP contribution in [-0.4, -0.2) is 50.9 Å². The summed E-state index contributed by atoms with van der Waals surface area (Å²) in [5.41, 5.74) is -0.0178. The van der Waals surface area contributed by atoms with E-state index in [4.69, 9.17) is 5.11 Å². The van der Waals surface area contributed by atoms with Crippen LogP contribution in [0, 0.1) is 0 Å². The van der Waals surface area contributed by atoms with Crippen LogP contribution in [0.1, 0.15) is 34.9 Å². The molecule has 9 heteroatoms. The molecule has 2 heterocycles. The molecule has 0 aromatic carbocycles. The number of nitrogens with zero attached hydrogens (tertiary/aromatic N) is 2. The second-order valence-corrected chi connectivity index (χ2v) is 6.45. The zero-order valence-corrected chi connectivity index (χ0v) is 13.0. The van der Waals surface area contributed by atoms with E-state index in [9.17, 15) is 14.4 Å². The van der Waals surface area contributed by atoms with E-state index in [0.29, 0.717) is 18.1 Å². The highest BCUT2D eigenvalue weighted by atomic mass is 32.2. The fraction of sp³-hybridized carbons (Fsp3) is 0.500. The molecule has 0 radical (unpaired) electrons. The van der Waals surface area contributed by atoms with Crippen molar-refractivity contribution >= 4 is 40.2 Å². The van der Waals surface area contributed by atoms with E-state index in [1.165, 1.54) is 28.5 Å². The second kappa shape index (κ2) is 6.90. The molecule has 1 aliphatic rings. The van der Waals surface area contributed by atoms with Gasteiger partial charge in [0.1, 0.15) is 5.01 Å². The number of aromatic carboxylic acids is 1. The Morgan fingerprint density at radius 2 is 2.33 bits per heavy atom. The van der Waals surface area contributed by atoms with Gasteiger partial charge in [0.2, 0.25) is 5.91 Å². The number of carbonyl (C=O) groups excluding carboxylic acids is 2. The molecule has 2 rings (SSSR count). The van der Waals surface area contributed by atoms with Crippen LogP contribution in [0.15, 0.2) is 5.38 Å². The van der Waals surface area contributed by atoms with Gasteiger partial charge in [0.05, 0.1) is 6.04 Å². The molecule has 1 saturated heterocycles. The third-order valence-electron chi connectivity index (χ3n) is 2.94. The van der Waals surface area contributed by atoms with Gasteiger partial charge in [-0.2, -0.15) is 0 Å². The number of amides is 2. The molecule has 21 heavy (non-hydrogen) atoms. The van der Waals surface area contributed by atoms with Gasteiger partial charge < -0.3 is 15.3 Å². The molecule has 114 valence electrons. The molecular formula is C12H15N3O4S2. The maximum atomic E-state index is 11.8. The fourth-order valence-corrected chi connectivity index (χ4v) is 3.48. The van der Waals surface area contributed by atoms with Gasteiger partial charge >= 0.3 is 5.97 Å². The van der Waals surface area contributed by atoms with Crippen LogP contribution >= 0.6 is 23.1 Å². The number of hydrogen-bond donors (Lipinski definition) is 2. The third-order valence-corrected chi connectivity index (χ3v) is 4.86. The third kappa shape index (κ3) is 4.18. The number of hydrogen-bond acceptors (Lipinski definition) is 6. The highest BCUT2D eigenvalue weighted by Gasteiger charge is 2.22. The summed E-state index contributed by atoms with van der Waals surface area (Å²) < 4.78 is 0. The van der Waals surface area contributed by atoms with E-state index in [2.05, 4.69) is 10.3 Å². The van der Waals surface area contributed by atoms with Crippen LogP contribution in [0.4, 0.5) is 4.79 Å². The summed E-state index contributed by atoms with van der Waals surface area (Å²) in [4.78, 5) is 39.6. The lowest BCUT2D eigenvalue weighted by Crippen LogP contribution is -2.32. The monoisotopic (exact) mass is 329 g/mol. The Bertz CT molecular complexity index is 560. The quantitative estimate of drug-likeness (QED) is 0.822. The first-order valence-corrected chi connectivity index (χ1v) is 8.23. The summed E-state index contributed by atoms with van der Waals surface area (Å²) in [6, 6.07) is -0.348. The number of thiazole rings is 1. The van der Waals surface area contributed by atoms with Crippen LogP contribution in [0.3, 0.4) is 0 Å². The molecular weight excluding hydrogens is 314 g/mol. The fourth-order valence-electron chi connectivity index (χ4n) is 1.83. The largest absolute Gasteiger partial charge is 0.476 e. The number of rotatable bonds is 6. The van der Waals surface area contributed by atoms with Crippen molar-refractivity contribution in [3.8, 4) is 0 Å². The van der Waals surface area contributed by atoms with E-state index in [0.717, 1.165) is 5.75 Å². The smallest absolute Gasteiger partial charge is 0.355 e. The zero-order valence-electron chi connectivity index (χ0n) is 11.4. The Labute approximate surface area is 129 Å². The van der Waals surface area contributed by atoms with Crippen LogP contribution < -0.4 is 5.32 Å². The van der Waals surface area contributed by atoms with E-state index in [-0.39, 0.29) is 29.3 Å². The number of nitrogens with one attached hydrogen (secondary N) is 1. The van der Waals surface area contributed by atoms with Crippen LogP contribution in [0.2, 0.25) is 0 Å². The molecule has 1 unspecified atom stereocenters. The minimum atomic E-state index is -1.08. The van der Waals surface area contributed by atoms with Crippen molar-refractivity contribution in [3.05, 3.63) is 16.1 Å². The Kier molecular flexibility index (Phi) is 5.18. The molecule has 1 atom stereocenters. The lowest BCUT2D eigenvalue weighted by Gasteiger charge is -2.15. The summed E-state index contributed by atoms with van der Waals surface area (Å²) in [6.45, 7) is 2.84. The topological polar surface area (TPSA) is 99.6 Å². The van der Waals surface area contributed by atoms with Crippen LogP contribution in [-0.2, 0) is 4.79 Å². The van der Waals surface area contributed by atoms with Crippen molar-refractivity contribution in [2.45, 2.75) is 19.4 Å². The van der Waals surface area contributed by atoms with Crippen molar-refractivity contribution in [2.24, 2.45) is 0 Å². The van der Waals surface area contributed by atoms with E-state index in [1.807, 2.05) is 0 Å². The minimum absolute atomic E-state index is 0.0156. The summed E-state index contributed by atoms with van der Waals surface area (Å²) >= 11 is 2.46. The first kappa shape index (κ1) is 15.8. The predicted molar refractivity (Wildman–Crippen MR) is 79.7 cm³/mol. The van der Waals surface area contributed by atoms with E-state index >= 15 is 0 Å². The number of aromatic nitrogens is 1. The first-order chi connectivity index (χ1) is 9.97. The Balaban J connectivity index is 1.81. The molecule has 0 saturated carbocycles. The highest BCUT2D eigenvalue weighted by molar-refractivity contribution is 8.13. The number of carboxylic acid groups (broad SMARTS) is 1. The van der Waals surface area contributed by atoms with Gasteiger partial charge in [-0.3, -0.25) is 9.59 Å². The lowest BCUT2D eigenvalue weighted by molar-refractivity contribution is -0.121. The summed E-state index contributed by atoms with van der Waals surface area (Å²) in [6.07, 6.45) is 0.230. The van der Waals surface area contributed by atoms with Gasteiger partial charge in [-0.1, -0.05) is 11.8 Å². The second-order valence-electron chi connectivity index (χ2n) is 4.52. The Morgan fingerprint density at radius 3 is 2.90 bits per heavy atom. The average molecular weight is 329 g/mol. The number of carbonyl (C=O) groups is 3. The van der Waals surface area contributed by atoms with Crippen molar-refractivity contribution in [1.82, 2.24) is 15.2 Å². The van der Waals surface area contributed by atoms with Gasteiger partial charge in [0.25, 0.3) is 5.24 Å². The minimum Gasteiger partial charge on any atom is -0.476 e. The molecule has 7 nitrogen and oxygen atoms in total. The van der Waals surface area contributed by atoms with Crippen molar-refractivity contribution < 1.29 is 19.5 Å². The average Bonchev–Trinajstić information content (AvgIpc) is 3.05. The molecule has 2 amide bonds. The van der Waals surface area contributed by atoms with Gasteiger partial charge in [-0.25, -0.2) is 9.78 Å². The van der Waals surface area contributed by atoms with Gasteiger partial charge in [0, 0.05) is 30.6 Å². The standard InChI is InChI=1S/C12H15N3O4S2/c1-7(10-14-8(6-21-10)11(17)18)13-9(16)2-3-15-4-5-20-12(15)19/h6-7H,2-5H2,1H3,(H,13,16)(H,17,18). The number of thioether (sulfide) groups is 1. The van der Waals surface area contributed by atoms with E-state index in [1.54, 1.807) is 11.8 Å². The van der Waals surface area contributed by atoms with Gasteiger partial charge in [0.15, 0.2) is 5.69 Å². The molecule has 0 spiro atoms. The molecule has 1 aliphatic heterocycles. The maximum Gasteiger partial charge on any atom is 0.355 e. The van der Waals surface area contributed by atoms with Gasteiger partial charge in [-0.15, -0.1) is 11.3 Å². The molecule has 0 bridgehead atoms. The van der Waals surface area contributed by atoms with Crippen molar-refractivity contribution in [2.75, 3.05) is 18.8 Å². The molecule has 1 aromatic heterocycles. The van der Waals surface area contributed by atoms with E-state index < -0.39 is 5.97 Å². The highest BCUT2D eigenvalue weighted by Crippen LogP contribution is 2.19. The first-order valence-electron chi connectivity index (χ1n) is 6.37. The molecule has 0 aliphatic carbocycles. The maximum absolute atomic E-state index is 11.8. The lowest BCUT2D eigenvalue weighted by atomic mass is 10.3.